The summed E-state index contributed by atoms with van der Waals surface area (Å²) in [7, 11) is -3.59. The van der Waals surface area contributed by atoms with Crippen LogP contribution in [0.1, 0.15) is 18.7 Å². The number of nitrogens with zero attached hydrogens (tertiary/aromatic N) is 4. The smallest absolute Gasteiger partial charge is 0.243 e. The largest absolute Gasteiger partial charge is 0.349 e. The Hall–Kier alpha value is -3.30. The monoisotopic (exact) mass is 449 g/mol. The normalized spacial score (nSPS) is 15.9. The molecule has 1 saturated heterocycles. The molecule has 1 N–H and O–H groups in total. The van der Waals surface area contributed by atoms with Gasteiger partial charge in [0.05, 0.1) is 11.4 Å². The summed E-state index contributed by atoms with van der Waals surface area (Å²) in [5, 5.41) is 13.0. The SMILES string of the molecule is O=C(NCc1nnc2ccccn12)C1CCN(S(=O)(=O)c2ccc3ccccc3c2)CC1. The zero-order valence-electron chi connectivity index (χ0n) is 17.4. The van der Waals surface area contributed by atoms with Crippen LogP contribution in [0.15, 0.2) is 71.8 Å². The van der Waals surface area contributed by atoms with Gasteiger partial charge in [-0.15, -0.1) is 10.2 Å². The van der Waals surface area contributed by atoms with E-state index >= 15 is 0 Å². The molecule has 0 spiro atoms. The highest BCUT2D eigenvalue weighted by Crippen LogP contribution is 2.26. The van der Waals surface area contributed by atoms with Crippen LogP contribution in [0.3, 0.4) is 0 Å². The number of fused-ring (bicyclic) bond motifs is 2. The molecule has 0 aliphatic carbocycles. The minimum Gasteiger partial charge on any atom is -0.349 e. The van der Waals surface area contributed by atoms with Crippen LogP contribution in [0.5, 0.6) is 0 Å². The highest BCUT2D eigenvalue weighted by atomic mass is 32.2. The molecule has 1 amide bonds. The van der Waals surface area contributed by atoms with Gasteiger partial charge in [-0.2, -0.15) is 4.31 Å². The fraction of sp³-hybridized carbons (Fsp3) is 0.261. The average molecular weight is 450 g/mol. The van der Waals surface area contributed by atoms with E-state index in [1.807, 2.05) is 59.1 Å². The van der Waals surface area contributed by atoms with E-state index in [0.717, 1.165) is 16.4 Å². The molecule has 8 nitrogen and oxygen atoms in total. The maximum absolute atomic E-state index is 13.1. The first-order valence-electron chi connectivity index (χ1n) is 10.6. The van der Waals surface area contributed by atoms with Crippen LogP contribution < -0.4 is 5.32 Å². The standard InChI is InChI=1S/C23H23N5O3S/c29-23(24-16-22-26-25-21-7-3-4-12-28(21)22)18-10-13-27(14-11-18)32(30,31)20-9-8-17-5-1-2-6-19(17)15-20/h1-9,12,15,18H,10-11,13-14,16H2,(H,24,29). The summed E-state index contributed by atoms with van der Waals surface area (Å²) < 4.78 is 29.6. The molecule has 0 unspecified atom stereocenters. The van der Waals surface area contributed by atoms with Crippen molar-refractivity contribution in [2.75, 3.05) is 13.1 Å². The van der Waals surface area contributed by atoms with Gasteiger partial charge in [0.15, 0.2) is 11.5 Å². The molecule has 0 saturated carbocycles. The number of nitrogens with one attached hydrogen (secondary N) is 1. The Labute approximate surface area is 185 Å². The second kappa shape index (κ2) is 8.33. The van der Waals surface area contributed by atoms with Crippen LogP contribution in [0, 0.1) is 5.92 Å². The lowest BCUT2D eigenvalue weighted by Gasteiger charge is -2.30. The molecule has 3 heterocycles. The predicted molar refractivity (Wildman–Crippen MR) is 120 cm³/mol. The Morgan fingerprint density at radius 1 is 0.969 bits per heavy atom. The third-order valence-electron chi connectivity index (χ3n) is 5.99. The van der Waals surface area contributed by atoms with Crippen LogP contribution in [0.25, 0.3) is 16.4 Å². The number of carbonyl (C=O) groups is 1. The molecule has 4 aromatic rings. The number of hydrogen-bond donors (Lipinski definition) is 1. The maximum atomic E-state index is 13.1. The van der Waals surface area contributed by atoms with E-state index < -0.39 is 10.0 Å². The van der Waals surface area contributed by atoms with Crippen LogP contribution in [0.4, 0.5) is 0 Å². The number of aromatic nitrogens is 3. The van der Waals surface area contributed by atoms with E-state index in [4.69, 9.17) is 0 Å². The number of hydrogen-bond acceptors (Lipinski definition) is 5. The van der Waals surface area contributed by atoms with E-state index in [1.54, 1.807) is 12.1 Å². The first-order chi connectivity index (χ1) is 15.5. The highest BCUT2D eigenvalue weighted by molar-refractivity contribution is 7.89. The molecule has 32 heavy (non-hydrogen) atoms. The van der Waals surface area contributed by atoms with Gasteiger partial charge >= 0.3 is 0 Å². The van der Waals surface area contributed by atoms with E-state index in [2.05, 4.69) is 15.5 Å². The molecule has 1 fully saturated rings. The van der Waals surface area contributed by atoms with Crippen LogP contribution in [-0.4, -0.2) is 46.3 Å². The van der Waals surface area contributed by atoms with Crippen molar-refractivity contribution >= 4 is 32.4 Å². The Kier molecular flexibility index (Phi) is 5.36. The van der Waals surface area contributed by atoms with Crippen LogP contribution in [-0.2, 0) is 21.4 Å². The van der Waals surface area contributed by atoms with Crippen molar-refractivity contribution in [3.63, 3.8) is 0 Å². The average Bonchev–Trinajstić information content (AvgIpc) is 3.25. The van der Waals surface area contributed by atoms with Gasteiger partial charge in [0.2, 0.25) is 15.9 Å². The van der Waals surface area contributed by atoms with E-state index in [1.165, 1.54) is 4.31 Å². The fourth-order valence-corrected chi connectivity index (χ4v) is 5.66. The lowest BCUT2D eigenvalue weighted by atomic mass is 9.97. The summed E-state index contributed by atoms with van der Waals surface area (Å²) in [5.41, 5.74) is 0.726. The first kappa shape index (κ1) is 20.6. The lowest BCUT2D eigenvalue weighted by Crippen LogP contribution is -2.42. The summed E-state index contributed by atoms with van der Waals surface area (Å²) in [5.74, 6) is 0.350. The molecular formula is C23H23N5O3S. The van der Waals surface area contributed by atoms with Crippen molar-refractivity contribution in [2.45, 2.75) is 24.3 Å². The Morgan fingerprint density at radius 2 is 1.72 bits per heavy atom. The molecule has 2 aromatic heterocycles. The number of sulfonamides is 1. The van der Waals surface area contributed by atoms with Crippen LogP contribution in [0.2, 0.25) is 0 Å². The molecule has 5 rings (SSSR count). The molecule has 1 aliphatic heterocycles. The summed E-state index contributed by atoms with van der Waals surface area (Å²) >= 11 is 0. The van der Waals surface area contributed by atoms with Gasteiger partial charge < -0.3 is 5.32 Å². The van der Waals surface area contributed by atoms with Gasteiger partial charge in [-0.25, -0.2) is 8.42 Å². The quantitative estimate of drug-likeness (QED) is 0.505. The number of carbonyl (C=O) groups excluding carboxylic acids is 1. The van der Waals surface area contributed by atoms with Crippen LogP contribution >= 0.6 is 0 Å². The summed E-state index contributed by atoms with van der Waals surface area (Å²) in [6.45, 7) is 0.918. The van der Waals surface area contributed by atoms with Gasteiger partial charge in [-0.05, 0) is 47.9 Å². The van der Waals surface area contributed by atoms with Crippen molar-refractivity contribution in [2.24, 2.45) is 5.92 Å². The minimum atomic E-state index is -3.59. The van der Waals surface area contributed by atoms with E-state index in [0.29, 0.717) is 31.8 Å². The van der Waals surface area contributed by atoms with Crippen molar-refractivity contribution in [1.29, 1.82) is 0 Å². The third-order valence-corrected chi connectivity index (χ3v) is 7.88. The van der Waals surface area contributed by atoms with Crippen molar-refractivity contribution in [3.05, 3.63) is 72.7 Å². The third kappa shape index (κ3) is 3.85. The first-order valence-corrected chi connectivity index (χ1v) is 12.0. The fourth-order valence-electron chi connectivity index (χ4n) is 4.16. The second-order valence-corrected chi connectivity index (χ2v) is 9.89. The zero-order valence-corrected chi connectivity index (χ0v) is 18.2. The van der Waals surface area contributed by atoms with Gasteiger partial charge in [0.25, 0.3) is 0 Å². The van der Waals surface area contributed by atoms with Crippen molar-refractivity contribution in [1.82, 2.24) is 24.2 Å². The number of amides is 1. The number of piperidine rings is 1. The summed E-state index contributed by atoms with van der Waals surface area (Å²) in [6, 6.07) is 18.5. The number of pyridine rings is 1. The molecule has 2 aromatic carbocycles. The summed E-state index contributed by atoms with van der Waals surface area (Å²) in [6.07, 6.45) is 2.82. The minimum absolute atomic E-state index is 0.0829. The Morgan fingerprint density at radius 3 is 2.53 bits per heavy atom. The van der Waals surface area contributed by atoms with Gasteiger partial charge in [0, 0.05) is 25.2 Å². The Bertz CT molecular complexity index is 1390. The van der Waals surface area contributed by atoms with Gasteiger partial charge in [0.1, 0.15) is 0 Å². The van der Waals surface area contributed by atoms with Gasteiger partial charge in [-0.1, -0.05) is 36.4 Å². The second-order valence-electron chi connectivity index (χ2n) is 7.95. The van der Waals surface area contributed by atoms with E-state index in [-0.39, 0.29) is 23.3 Å². The Balaban J connectivity index is 1.21. The van der Waals surface area contributed by atoms with Gasteiger partial charge in [-0.3, -0.25) is 9.20 Å². The molecule has 1 aliphatic rings. The van der Waals surface area contributed by atoms with Crippen molar-refractivity contribution < 1.29 is 13.2 Å². The topological polar surface area (TPSA) is 96.7 Å². The predicted octanol–water partition coefficient (Wildman–Crippen LogP) is 2.60. The van der Waals surface area contributed by atoms with E-state index in [9.17, 15) is 13.2 Å². The molecular weight excluding hydrogens is 426 g/mol. The summed E-state index contributed by atoms with van der Waals surface area (Å²) in [4.78, 5) is 13.0. The van der Waals surface area contributed by atoms with Crippen molar-refractivity contribution in [3.8, 4) is 0 Å². The molecule has 0 bridgehead atoms. The molecule has 164 valence electrons. The lowest BCUT2D eigenvalue weighted by molar-refractivity contribution is -0.126. The number of rotatable bonds is 5. The molecule has 9 heteroatoms. The highest BCUT2D eigenvalue weighted by Gasteiger charge is 2.32. The molecule has 0 radical (unpaired) electrons. The molecule has 0 atom stereocenters. The maximum Gasteiger partial charge on any atom is 0.243 e. The zero-order chi connectivity index (χ0) is 22.1. The number of benzene rings is 2.